The van der Waals surface area contributed by atoms with Gasteiger partial charge in [-0.05, 0) is 37.3 Å². The van der Waals surface area contributed by atoms with Crippen molar-refractivity contribution in [2.24, 2.45) is 0 Å². The first kappa shape index (κ1) is 19.5. The number of ether oxygens (including phenoxy) is 1. The van der Waals surface area contributed by atoms with Gasteiger partial charge in [0.2, 0.25) is 0 Å². The van der Waals surface area contributed by atoms with Crippen molar-refractivity contribution < 1.29 is 18.8 Å². The van der Waals surface area contributed by atoms with Crippen molar-refractivity contribution in [3.05, 3.63) is 57.8 Å². The number of carbonyl (C=O) groups is 1. The van der Waals surface area contributed by atoms with Crippen LogP contribution in [0.4, 0.5) is 10.1 Å². The molecule has 0 bridgehead atoms. The second-order valence-electron chi connectivity index (χ2n) is 5.58. The Balaban J connectivity index is 2.00. The predicted octanol–water partition coefficient (Wildman–Crippen LogP) is 3.18. The number of rotatable bonds is 7. The minimum Gasteiger partial charge on any atom is -0.494 e. The van der Waals surface area contributed by atoms with Gasteiger partial charge in [-0.1, -0.05) is 29.3 Å². The predicted molar refractivity (Wildman–Crippen MR) is 98.1 cm³/mol. The van der Waals surface area contributed by atoms with E-state index in [4.69, 9.17) is 27.9 Å². The highest BCUT2D eigenvalue weighted by Crippen LogP contribution is 2.29. The average molecular weight is 386 g/mol. The highest BCUT2D eigenvalue weighted by Gasteiger charge is 2.16. The molecule has 0 heterocycles. The molecule has 25 heavy (non-hydrogen) atoms. The molecule has 1 atom stereocenters. The molecule has 1 unspecified atom stereocenters. The monoisotopic (exact) mass is 385 g/mol. The molecule has 4 nitrogen and oxygen atoms in total. The number of hydrogen-bond donors (Lipinski definition) is 2. The summed E-state index contributed by atoms with van der Waals surface area (Å²) in [5, 5.41) is 3.46. The number of quaternary nitrogens is 1. The third-order valence-corrected chi connectivity index (χ3v) is 4.63. The number of methoxy groups -OCH3 is 1. The van der Waals surface area contributed by atoms with Gasteiger partial charge in [-0.3, -0.25) is 4.79 Å². The van der Waals surface area contributed by atoms with Gasteiger partial charge >= 0.3 is 0 Å². The second-order valence-corrected chi connectivity index (χ2v) is 6.36. The number of halogens is 3. The molecule has 1 amide bonds. The van der Waals surface area contributed by atoms with Gasteiger partial charge in [0.1, 0.15) is 6.54 Å². The molecular weight excluding hydrogens is 366 g/mol. The van der Waals surface area contributed by atoms with Gasteiger partial charge in [-0.25, -0.2) is 4.39 Å². The van der Waals surface area contributed by atoms with Crippen molar-refractivity contribution >= 4 is 34.8 Å². The topological polar surface area (TPSA) is 42.8 Å². The standard InChI is InChI=1S/C18H19Cl2FN2O2/c1-3-23(10-12-7-8-16(25-2)14(21)9-12)11-17(24)22-15-6-4-5-13(19)18(15)20/h4-9H,3,10-11H2,1-2H3,(H,22,24)/p+1. The van der Waals surface area contributed by atoms with Crippen LogP contribution in [0.3, 0.4) is 0 Å². The Morgan fingerprint density at radius 1 is 1.28 bits per heavy atom. The van der Waals surface area contributed by atoms with Crippen LogP contribution in [-0.2, 0) is 11.3 Å². The molecule has 0 saturated heterocycles. The fourth-order valence-electron chi connectivity index (χ4n) is 2.44. The van der Waals surface area contributed by atoms with Crippen LogP contribution in [0.5, 0.6) is 5.75 Å². The third-order valence-electron chi connectivity index (χ3n) is 3.81. The number of benzene rings is 2. The zero-order valence-electron chi connectivity index (χ0n) is 14.0. The molecule has 0 aliphatic rings. The van der Waals surface area contributed by atoms with E-state index in [1.165, 1.54) is 13.2 Å². The summed E-state index contributed by atoms with van der Waals surface area (Å²) in [6.07, 6.45) is 0. The summed E-state index contributed by atoms with van der Waals surface area (Å²) in [5.74, 6) is -0.393. The summed E-state index contributed by atoms with van der Waals surface area (Å²) in [6.45, 7) is 3.43. The zero-order chi connectivity index (χ0) is 18.4. The highest BCUT2D eigenvalue weighted by atomic mass is 35.5. The normalized spacial score (nSPS) is 11.9. The third kappa shape index (κ3) is 5.33. The van der Waals surface area contributed by atoms with E-state index < -0.39 is 5.82 Å². The Morgan fingerprint density at radius 2 is 2.04 bits per heavy atom. The summed E-state index contributed by atoms with van der Waals surface area (Å²) < 4.78 is 18.7. The Kier molecular flexibility index (Phi) is 7.05. The molecule has 7 heteroatoms. The van der Waals surface area contributed by atoms with E-state index in [0.717, 1.165) is 10.5 Å². The molecule has 0 saturated carbocycles. The van der Waals surface area contributed by atoms with Crippen LogP contribution >= 0.6 is 23.2 Å². The average Bonchev–Trinajstić information content (AvgIpc) is 2.58. The molecule has 0 aliphatic carbocycles. The maximum absolute atomic E-state index is 13.8. The van der Waals surface area contributed by atoms with E-state index in [-0.39, 0.29) is 18.2 Å². The van der Waals surface area contributed by atoms with Crippen LogP contribution in [-0.4, -0.2) is 26.1 Å². The summed E-state index contributed by atoms with van der Waals surface area (Å²) in [6, 6.07) is 9.87. The molecule has 2 aromatic carbocycles. The SMILES string of the molecule is CC[NH+](CC(=O)Nc1cccc(Cl)c1Cl)Cc1ccc(OC)c(F)c1. The van der Waals surface area contributed by atoms with Crippen molar-refractivity contribution in [3.63, 3.8) is 0 Å². The maximum atomic E-state index is 13.8. The lowest BCUT2D eigenvalue weighted by Gasteiger charge is -2.18. The Bertz CT molecular complexity index is 756. The largest absolute Gasteiger partial charge is 0.494 e. The van der Waals surface area contributed by atoms with Crippen molar-refractivity contribution in [2.45, 2.75) is 13.5 Å². The van der Waals surface area contributed by atoms with Crippen LogP contribution in [0.15, 0.2) is 36.4 Å². The quantitative estimate of drug-likeness (QED) is 0.768. The Labute approximate surface area is 156 Å². The minimum atomic E-state index is -0.411. The minimum absolute atomic E-state index is 0.185. The fourth-order valence-corrected chi connectivity index (χ4v) is 2.79. The number of anilines is 1. The van der Waals surface area contributed by atoms with Gasteiger partial charge in [-0.15, -0.1) is 0 Å². The van der Waals surface area contributed by atoms with Gasteiger partial charge < -0.3 is 15.0 Å². The molecule has 0 aromatic heterocycles. The van der Waals surface area contributed by atoms with Crippen LogP contribution in [0, 0.1) is 5.82 Å². The molecule has 0 aliphatic heterocycles. The molecule has 0 radical (unpaired) electrons. The van der Waals surface area contributed by atoms with E-state index in [1.807, 2.05) is 6.92 Å². The maximum Gasteiger partial charge on any atom is 0.279 e. The van der Waals surface area contributed by atoms with Crippen molar-refractivity contribution in [1.82, 2.24) is 0 Å². The van der Waals surface area contributed by atoms with E-state index in [0.29, 0.717) is 28.8 Å². The molecular formula is C18H20Cl2FN2O2+. The van der Waals surface area contributed by atoms with Crippen LogP contribution in [0.2, 0.25) is 10.0 Å². The molecule has 134 valence electrons. The molecule has 0 spiro atoms. The summed E-state index contributed by atoms with van der Waals surface area (Å²) in [7, 11) is 1.42. The lowest BCUT2D eigenvalue weighted by atomic mass is 10.2. The lowest BCUT2D eigenvalue weighted by molar-refractivity contribution is -0.903. The van der Waals surface area contributed by atoms with Gasteiger partial charge in [0, 0.05) is 5.56 Å². The number of likely N-dealkylation sites (N-methyl/N-ethyl adjacent to an activating group) is 1. The van der Waals surface area contributed by atoms with Gasteiger partial charge in [0.15, 0.2) is 18.1 Å². The van der Waals surface area contributed by atoms with Crippen molar-refractivity contribution in [3.8, 4) is 5.75 Å². The highest BCUT2D eigenvalue weighted by molar-refractivity contribution is 6.43. The lowest BCUT2D eigenvalue weighted by Crippen LogP contribution is -3.11. The van der Waals surface area contributed by atoms with Crippen LogP contribution in [0.1, 0.15) is 12.5 Å². The van der Waals surface area contributed by atoms with E-state index in [9.17, 15) is 9.18 Å². The molecule has 0 fully saturated rings. The first-order valence-electron chi connectivity index (χ1n) is 7.84. The number of nitrogens with one attached hydrogen (secondary N) is 2. The summed E-state index contributed by atoms with van der Waals surface area (Å²) in [4.78, 5) is 13.3. The van der Waals surface area contributed by atoms with Gasteiger partial charge in [0.05, 0.1) is 29.4 Å². The first-order valence-corrected chi connectivity index (χ1v) is 8.60. The van der Waals surface area contributed by atoms with E-state index >= 15 is 0 Å². The Hall–Kier alpha value is -1.82. The van der Waals surface area contributed by atoms with Crippen molar-refractivity contribution in [1.29, 1.82) is 0 Å². The molecule has 2 N–H and O–H groups in total. The van der Waals surface area contributed by atoms with Gasteiger partial charge in [-0.2, -0.15) is 0 Å². The van der Waals surface area contributed by atoms with E-state index in [2.05, 4.69) is 5.32 Å². The number of amides is 1. The smallest absolute Gasteiger partial charge is 0.279 e. The molecule has 2 rings (SSSR count). The summed E-state index contributed by atoms with van der Waals surface area (Å²) in [5.41, 5.74) is 1.27. The van der Waals surface area contributed by atoms with E-state index in [1.54, 1.807) is 30.3 Å². The number of hydrogen-bond acceptors (Lipinski definition) is 2. The summed E-state index contributed by atoms with van der Waals surface area (Å²) >= 11 is 12.0. The fraction of sp³-hybridized carbons (Fsp3) is 0.278. The van der Waals surface area contributed by atoms with Crippen LogP contribution < -0.4 is 15.0 Å². The van der Waals surface area contributed by atoms with Crippen LogP contribution in [0.25, 0.3) is 0 Å². The Morgan fingerprint density at radius 3 is 2.68 bits per heavy atom. The molecule has 2 aromatic rings. The second kappa shape index (κ2) is 9.04. The zero-order valence-corrected chi connectivity index (χ0v) is 15.5. The first-order chi connectivity index (χ1) is 11.9. The van der Waals surface area contributed by atoms with Crippen molar-refractivity contribution in [2.75, 3.05) is 25.5 Å². The number of carbonyl (C=O) groups excluding carboxylic acids is 1. The van der Waals surface area contributed by atoms with Gasteiger partial charge in [0.25, 0.3) is 5.91 Å².